The molecule has 2 aromatic rings. The molecule has 3 N–H and O–H groups in total. The lowest BCUT2D eigenvalue weighted by Crippen LogP contribution is -2.13. The van der Waals surface area contributed by atoms with Gasteiger partial charge in [0.05, 0.1) is 12.2 Å². The molecule has 1 amide bonds. The molecule has 0 aliphatic carbocycles. The Balaban J connectivity index is 2.14. The van der Waals surface area contributed by atoms with E-state index in [1.807, 2.05) is 6.92 Å². The first kappa shape index (κ1) is 11.4. The zero-order valence-electron chi connectivity index (χ0n) is 9.73. The van der Waals surface area contributed by atoms with E-state index < -0.39 is 0 Å². The number of hydrogen-bond donors (Lipinski definition) is 2. The Labute approximate surface area is 98.4 Å². The van der Waals surface area contributed by atoms with E-state index in [-0.39, 0.29) is 18.2 Å². The summed E-state index contributed by atoms with van der Waals surface area (Å²) in [5.74, 6) is 1.13. The van der Waals surface area contributed by atoms with Crippen LogP contribution in [-0.4, -0.2) is 15.7 Å². The molecule has 0 bridgehead atoms. The van der Waals surface area contributed by atoms with E-state index in [0.717, 1.165) is 5.69 Å². The van der Waals surface area contributed by atoms with Crippen LogP contribution >= 0.6 is 0 Å². The van der Waals surface area contributed by atoms with Crippen molar-refractivity contribution in [1.29, 1.82) is 0 Å². The summed E-state index contributed by atoms with van der Waals surface area (Å²) in [6, 6.07) is 5.06. The Morgan fingerprint density at radius 1 is 1.59 bits per heavy atom. The van der Waals surface area contributed by atoms with Gasteiger partial charge in [-0.3, -0.25) is 9.48 Å². The van der Waals surface area contributed by atoms with Gasteiger partial charge >= 0.3 is 0 Å². The molecule has 0 spiro atoms. The SMILES string of the molecule is Cc1cc(NC(=O)c2ccc(CN)o2)n(C)n1. The lowest BCUT2D eigenvalue weighted by atomic mass is 10.4. The predicted octanol–water partition coefficient (Wildman–Crippen LogP) is 1.03. The topological polar surface area (TPSA) is 86.1 Å². The van der Waals surface area contributed by atoms with Crippen LogP contribution in [0.4, 0.5) is 5.82 Å². The summed E-state index contributed by atoms with van der Waals surface area (Å²) >= 11 is 0. The fourth-order valence-electron chi connectivity index (χ4n) is 1.52. The monoisotopic (exact) mass is 234 g/mol. The quantitative estimate of drug-likeness (QED) is 0.830. The molecule has 6 nitrogen and oxygen atoms in total. The standard InChI is InChI=1S/C11H14N4O2/c1-7-5-10(15(2)14-7)13-11(16)9-4-3-8(6-12)17-9/h3-5H,6,12H2,1-2H3,(H,13,16). The van der Waals surface area contributed by atoms with Gasteiger partial charge < -0.3 is 15.5 Å². The average Bonchev–Trinajstić information content (AvgIpc) is 2.86. The third-order valence-electron chi connectivity index (χ3n) is 2.33. The highest BCUT2D eigenvalue weighted by Gasteiger charge is 2.13. The van der Waals surface area contributed by atoms with E-state index in [4.69, 9.17) is 10.2 Å². The van der Waals surface area contributed by atoms with E-state index in [0.29, 0.717) is 11.6 Å². The Morgan fingerprint density at radius 2 is 2.35 bits per heavy atom. The second-order valence-corrected chi connectivity index (χ2v) is 3.72. The van der Waals surface area contributed by atoms with E-state index in [1.165, 1.54) is 0 Å². The number of aryl methyl sites for hydroxylation is 2. The third-order valence-corrected chi connectivity index (χ3v) is 2.33. The van der Waals surface area contributed by atoms with Crippen molar-refractivity contribution in [3.8, 4) is 0 Å². The van der Waals surface area contributed by atoms with Gasteiger partial charge in [0, 0.05) is 13.1 Å². The minimum absolute atomic E-state index is 0.240. The van der Waals surface area contributed by atoms with Crippen molar-refractivity contribution in [2.24, 2.45) is 12.8 Å². The highest BCUT2D eigenvalue weighted by atomic mass is 16.4. The smallest absolute Gasteiger partial charge is 0.292 e. The Hall–Kier alpha value is -2.08. The number of furan rings is 1. The Bertz CT molecular complexity index is 541. The van der Waals surface area contributed by atoms with Crippen LogP contribution in [0, 0.1) is 6.92 Å². The summed E-state index contributed by atoms with van der Waals surface area (Å²) in [6.45, 7) is 2.13. The molecule has 0 saturated carbocycles. The molecule has 6 heteroatoms. The highest BCUT2D eigenvalue weighted by Crippen LogP contribution is 2.12. The summed E-state index contributed by atoms with van der Waals surface area (Å²) in [4.78, 5) is 11.8. The maximum Gasteiger partial charge on any atom is 0.292 e. The van der Waals surface area contributed by atoms with Crippen LogP contribution in [0.5, 0.6) is 0 Å². The van der Waals surface area contributed by atoms with Crippen molar-refractivity contribution in [2.75, 3.05) is 5.32 Å². The molecule has 0 unspecified atom stereocenters. The summed E-state index contributed by atoms with van der Waals surface area (Å²) in [7, 11) is 1.76. The minimum atomic E-state index is -0.312. The molecule has 0 radical (unpaired) electrons. The van der Waals surface area contributed by atoms with E-state index in [1.54, 1.807) is 29.9 Å². The molecule has 2 heterocycles. The molecular weight excluding hydrogens is 220 g/mol. The number of nitrogens with two attached hydrogens (primary N) is 1. The van der Waals surface area contributed by atoms with E-state index >= 15 is 0 Å². The summed E-state index contributed by atoms with van der Waals surface area (Å²) in [6.07, 6.45) is 0. The number of nitrogens with zero attached hydrogens (tertiary/aromatic N) is 2. The fraction of sp³-hybridized carbons (Fsp3) is 0.273. The second kappa shape index (κ2) is 4.42. The van der Waals surface area contributed by atoms with Crippen molar-refractivity contribution < 1.29 is 9.21 Å². The zero-order valence-corrected chi connectivity index (χ0v) is 9.73. The molecule has 0 saturated heterocycles. The first-order valence-electron chi connectivity index (χ1n) is 5.21. The van der Waals surface area contributed by atoms with Gasteiger partial charge in [-0.2, -0.15) is 5.10 Å². The van der Waals surface area contributed by atoms with Crippen LogP contribution in [0.25, 0.3) is 0 Å². The number of amides is 1. The van der Waals surface area contributed by atoms with Gasteiger partial charge in [0.1, 0.15) is 11.6 Å². The van der Waals surface area contributed by atoms with Crippen LogP contribution in [0.2, 0.25) is 0 Å². The van der Waals surface area contributed by atoms with Gasteiger partial charge in [-0.15, -0.1) is 0 Å². The normalized spacial score (nSPS) is 10.5. The van der Waals surface area contributed by atoms with Crippen LogP contribution in [0.1, 0.15) is 22.0 Å². The molecule has 0 atom stereocenters. The van der Waals surface area contributed by atoms with Crippen molar-refractivity contribution in [3.63, 3.8) is 0 Å². The van der Waals surface area contributed by atoms with Crippen molar-refractivity contribution in [3.05, 3.63) is 35.4 Å². The molecule has 90 valence electrons. The van der Waals surface area contributed by atoms with Crippen molar-refractivity contribution in [2.45, 2.75) is 13.5 Å². The van der Waals surface area contributed by atoms with Gasteiger partial charge in [-0.1, -0.05) is 0 Å². The Morgan fingerprint density at radius 3 is 2.88 bits per heavy atom. The maximum atomic E-state index is 11.8. The van der Waals surface area contributed by atoms with Gasteiger partial charge in [0.2, 0.25) is 0 Å². The molecular formula is C11H14N4O2. The lowest BCUT2D eigenvalue weighted by molar-refractivity contribution is 0.0994. The van der Waals surface area contributed by atoms with Crippen LogP contribution in [0.15, 0.2) is 22.6 Å². The van der Waals surface area contributed by atoms with Gasteiger partial charge in [0.15, 0.2) is 5.76 Å². The van der Waals surface area contributed by atoms with Crippen LogP contribution in [0.3, 0.4) is 0 Å². The predicted molar refractivity (Wildman–Crippen MR) is 62.5 cm³/mol. The molecule has 2 rings (SSSR count). The number of carbonyl (C=O) groups is 1. The molecule has 0 aliphatic heterocycles. The number of hydrogen-bond acceptors (Lipinski definition) is 4. The van der Waals surface area contributed by atoms with E-state index in [2.05, 4.69) is 10.4 Å². The minimum Gasteiger partial charge on any atom is -0.455 e. The fourth-order valence-corrected chi connectivity index (χ4v) is 1.52. The second-order valence-electron chi connectivity index (χ2n) is 3.72. The van der Waals surface area contributed by atoms with Crippen molar-refractivity contribution in [1.82, 2.24) is 9.78 Å². The first-order valence-corrected chi connectivity index (χ1v) is 5.21. The summed E-state index contributed by atoms with van der Waals surface area (Å²) in [5.41, 5.74) is 6.24. The average molecular weight is 234 g/mol. The first-order chi connectivity index (χ1) is 8.10. The number of aromatic nitrogens is 2. The maximum absolute atomic E-state index is 11.8. The summed E-state index contributed by atoms with van der Waals surface area (Å²) in [5, 5.41) is 6.84. The molecule has 2 aromatic heterocycles. The highest BCUT2D eigenvalue weighted by molar-refractivity contribution is 6.01. The zero-order chi connectivity index (χ0) is 12.4. The lowest BCUT2D eigenvalue weighted by Gasteiger charge is -2.02. The molecule has 17 heavy (non-hydrogen) atoms. The van der Waals surface area contributed by atoms with E-state index in [9.17, 15) is 4.79 Å². The van der Waals surface area contributed by atoms with Gasteiger partial charge in [-0.25, -0.2) is 0 Å². The molecule has 0 fully saturated rings. The number of carbonyl (C=O) groups excluding carboxylic acids is 1. The van der Waals surface area contributed by atoms with Gasteiger partial charge in [-0.05, 0) is 19.1 Å². The number of rotatable bonds is 3. The number of nitrogens with one attached hydrogen (secondary N) is 1. The molecule has 0 aliphatic rings. The third kappa shape index (κ3) is 2.36. The number of anilines is 1. The van der Waals surface area contributed by atoms with Crippen molar-refractivity contribution >= 4 is 11.7 Å². The Kier molecular flexibility index (Phi) is 2.97. The summed E-state index contributed by atoms with van der Waals surface area (Å²) < 4.78 is 6.84. The van der Waals surface area contributed by atoms with Gasteiger partial charge in [0.25, 0.3) is 5.91 Å². The van der Waals surface area contributed by atoms with Crippen LogP contribution in [-0.2, 0) is 13.6 Å². The van der Waals surface area contributed by atoms with Crippen LogP contribution < -0.4 is 11.1 Å². The molecule has 0 aromatic carbocycles. The largest absolute Gasteiger partial charge is 0.455 e.